The second-order valence-corrected chi connectivity index (χ2v) is 5.20. The van der Waals surface area contributed by atoms with Gasteiger partial charge in [0.05, 0.1) is 4.47 Å². The largest absolute Gasteiger partial charge is 0.328 e. The van der Waals surface area contributed by atoms with Gasteiger partial charge in [-0.3, -0.25) is 9.36 Å². The van der Waals surface area contributed by atoms with E-state index in [4.69, 9.17) is 0 Å². The lowest BCUT2D eigenvalue weighted by Crippen LogP contribution is -2.35. The van der Waals surface area contributed by atoms with Gasteiger partial charge in [0.15, 0.2) is 0 Å². The molecule has 0 aliphatic heterocycles. The van der Waals surface area contributed by atoms with E-state index in [1.165, 1.54) is 16.3 Å². The summed E-state index contributed by atoms with van der Waals surface area (Å²) in [7, 11) is 0. The van der Waals surface area contributed by atoms with Crippen molar-refractivity contribution in [1.82, 2.24) is 9.55 Å². The van der Waals surface area contributed by atoms with Crippen LogP contribution in [0.1, 0.15) is 18.4 Å². The minimum absolute atomic E-state index is 0.275. The second kappa shape index (κ2) is 6.52. The Bertz CT molecular complexity index is 646. The first-order chi connectivity index (χ1) is 9.18. The van der Waals surface area contributed by atoms with Gasteiger partial charge in [0.25, 0.3) is 5.56 Å². The van der Waals surface area contributed by atoms with E-state index in [1.807, 2.05) is 18.2 Å². The molecule has 19 heavy (non-hydrogen) atoms. The highest BCUT2D eigenvalue weighted by molar-refractivity contribution is 9.10. The van der Waals surface area contributed by atoms with Crippen LogP contribution in [0, 0.1) is 0 Å². The Labute approximate surface area is 119 Å². The molecule has 2 aromatic rings. The molecule has 100 valence electrons. The zero-order chi connectivity index (χ0) is 13.7. The van der Waals surface area contributed by atoms with Crippen LogP contribution in [0.5, 0.6) is 0 Å². The number of benzene rings is 1. The number of halogens is 1. The zero-order valence-electron chi connectivity index (χ0n) is 10.4. The molecule has 1 heterocycles. The molecular formula is C14H15BrN2O2. The molecular weight excluding hydrogens is 308 g/mol. The minimum atomic E-state index is -0.354. The van der Waals surface area contributed by atoms with Crippen molar-refractivity contribution in [2.75, 3.05) is 0 Å². The maximum Gasteiger partial charge on any atom is 0.328 e. The predicted octanol–water partition coefficient (Wildman–Crippen LogP) is 2.32. The molecule has 0 saturated carbocycles. The van der Waals surface area contributed by atoms with Crippen LogP contribution in [0.3, 0.4) is 0 Å². The number of unbranched alkanes of at least 4 members (excludes halogenated alkanes) is 1. The van der Waals surface area contributed by atoms with Gasteiger partial charge in [0.1, 0.15) is 0 Å². The lowest BCUT2D eigenvalue weighted by molar-refractivity contribution is 0.566. The van der Waals surface area contributed by atoms with Crippen molar-refractivity contribution in [2.24, 2.45) is 0 Å². The minimum Gasteiger partial charge on any atom is -0.313 e. The summed E-state index contributed by atoms with van der Waals surface area (Å²) in [5, 5.41) is 0. The molecule has 0 fully saturated rings. The zero-order valence-corrected chi connectivity index (χ0v) is 12.0. The Hall–Kier alpha value is -1.62. The lowest BCUT2D eigenvalue weighted by atomic mass is 10.1. The molecule has 0 bridgehead atoms. The number of aromatic nitrogens is 2. The van der Waals surface area contributed by atoms with Gasteiger partial charge in [-0.1, -0.05) is 30.3 Å². The molecule has 1 aromatic heterocycles. The summed E-state index contributed by atoms with van der Waals surface area (Å²) in [6.07, 6.45) is 4.09. The Morgan fingerprint density at radius 3 is 2.58 bits per heavy atom. The summed E-state index contributed by atoms with van der Waals surface area (Å²) < 4.78 is 1.62. The highest BCUT2D eigenvalue weighted by Gasteiger charge is 2.04. The predicted molar refractivity (Wildman–Crippen MR) is 78.4 cm³/mol. The topological polar surface area (TPSA) is 54.9 Å². The molecule has 0 aliphatic carbocycles. The third-order valence-corrected chi connectivity index (χ3v) is 3.53. The first kappa shape index (κ1) is 13.8. The standard InChI is InChI=1S/C14H15BrN2O2/c15-12-10-16-14(19)17(13(12)18)9-5-4-8-11-6-2-1-3-7-11/h1-3,6-7,10H,4-5,8-9H2,(H,16,19). The Morgan fingerprint density at radius 2 is 1.84 bits per heavy atom. The monoisotopic (exact) mass is 322 g/mol. The quantitative estimate of drug-likeness (QED) is 0.859. The van der Waals surface area contributed by atoms with E-state index in [9.17, 15) is 9.59 Å². The Balaban J connectivity index is 1.92. The number of hydrogen-bond donors (Lipinski definition) is 1. The number of H-pyrrole nitrogens is 1. The Morgan fingerprint density at radius 1 is 1.11 bits per heavy atom. The number of aryl methyl sites for hydroxylation is 1. The second-order valence-electron chi connectivity index (χ2n) is 4.34. The van der Waals surface area contributed by atoms with Crippen molar-refractivity contribution in [3.63, 3.8) is 0 Å². The third kappa shape index (κ3) is 3.67. The van der Waals surface area contributed by atoms with E-state index >= 15 is 0 Å². The van der Waals surface area contributed by atoms with Crippen LogP contribution in [0.4, 0.5) is 0 Å². The van der Waals surface area contributed by atoms with Gasteiger partial charge in [-0.05, 0) is 40.8 Å². The van der Waals surface area contributed by atoms with Crippen LogP contribution in [-0.4, -0.2) is 9.55 Å². The highest BCUT2D eigenvalue weighted by atomic mass is 79.9. The molecule has 0 radical (unpaired) electrons. The maximum atomic E-state index is 11.7. The van der Waals surface area contributed by atoms with Crippen molar-refractivity contribution < 1.29 is 0 Å². The summed E-state index contributed by atoms with van der Waals surface area (Å²) in [4.78, 5) is 25.8. The smallest absolute Gasteiger partial charge is 0.313 e. The van der Waals surface area contributed by atoms with Crippen molar-refractivity contribution in [3.05, 3.63) is 67.4 Å². The number of rotatable bonds is 5. The number of nitrogens with one attached hydrogen (secondary N) is 1. The summed E-state index contributed by atoms with van der Waals surface area (Å²) in [6, 6.07) is 10.2. The molecule has 0 saturated heterocycles. The van der Waals surface area contributed by atoms with Gasteiger partial charge in [0.2, 0.25) is 0 Å². The normalized spacial score (nSPS) is 10.6. The molecule has 0 spiro atoms. The summed E-state index contributed by atoms with van der Waals surface area (Å²) in [5.74, 6) is 0. The van der Waals surface area contributed by atoms with E-state index in [0.717, 1.165) is 19.3 Å². The van der Waals surface area contributed by atoms with E-state index < -0.39 is 0 Å². The van der Waals surface area contributed by atoms with E-state index in [0.29, 0.717) is 11.0 Å². The van der Waals surface area contributed by atoms with Crippen molar-refractivity contribution in [3.8, 4) is 0 Å². The fourth-order valence-corrected chi connectivity index (χ4v) is 2.26. The van der Waals surface area contributed by atoms with E-state index in [-0.39, 0.29) is 11.2 Å². The van der Waals surface area contributed by atoms with E-state index in [1.54, 1.807) is 0 Å². The van der Waals surface area contributed by atoms with Crippen LogP contribution < -0.4 is 11.2 Å². The first-order valence-corrected chi connectivity index (χ1v) is 7.00. The van der Waals surface area contributed by atoms with Crippen LogP contribution >= 0.6 is 15.9 Å². The molecule has 0 unspecified atom stereocenters. The average Bonchev–Trinajstić information content (AvgIpc) is 2.43. The van der Waals surface area contributed by atoms with E-state index in [2.05, 4.69) is 33.0 Å². The molecule has 2 rings (SSSR count). The fraction of sp³-hybridized carbons (Fsp3) is 0.286. The molecule has 0 amide bonds. The molecule has 1 aromatic carbocycles. The first-order valence-electron chi connectivity index (χ1n) is 6.20. The lowest BCUT2D eigenvalue weighted by Gasteiger charge is -2.05. The van der Waals surface area contributed by atoms with Crippen LogP contribution in [0.25, 0.3) is 0 Å². The molecule has 4 nitrogen and oxygen atoms in total. The number of hydrogen-bond acceptors (Lipinski definition) is 2. The van der Waals surface area contributed by atoms with Gasteiger partial charge in [-0.15, -0.1) is 0 Å². The number of aromatic amines is 1. The van der Waals surface area contributed by atoms with Crippen molar-refractivity contribution in [2.45, 2.75) is 25.8 Å². The van der Waals surface area contributed by atoms with Crippen molar-refractivity contribution in [1.29, 1.82) is 0 Å². The highest BCUT2D eigenvalue weighted by Crippen LogP contribution is 2.05. The van der Waals surface area contributed by atoms with Gasteiger partial charge in [-0.25, -0.2) is 4.79 Å². The van der Waals surface area contributed by atoms with Gasteiger partial charge >= 0.3 is 5.69 Å². The summed E-state index contributed by atoms with van der Waals surface area (Å²) in [6.45, 7) is 0.445. The van der Waals surface area contributed by atoms with Gasteiger partial charge in [-0.2, -0.15) is 0 Å². The van der Waals surface area contributed by atoms with Crippen LogP contribution in [-0.2, 0) is 13.0 Å². The van der Waals surface area contributed by atoms with Gasteiger partial charge in [0, 0.05) is 12.7 Å². The average molecular weight is 323 g/mol. The SMILES string of the molecule is O=c1[nH]cc(Br)c(=O)n1CCCCc1ccccc1. The fourth-order valence-electron chi connectivity index (χ4n) is 1.93. The summed E-state index contributed by atoms with van der Waals surface area (Å²) >= 11 is 3.12. The maximum absolute atomic E-state index is 11.7. The molecule has 0 atom stereocenters. The van der Waals surface area contributed by atoms with Crippen molar-refractivity contribution >= 4 is 15.9 Å². The summed E-state index contributed by atoms with van der Waals surface area (Å²) in [5.41, 5.74) is 0.648. The molecule has 1 N–H and O–H groups in total. The van der Waals surface area contributed by atoms with Crippen LogP contribution in [0.15, 0.2) is 50.6 Å². The molecule has 0 aliphatic rings. The number of nitrogens with zero attached hydrogens (tertiary/aromatic N) is 1. The van der Waals surface area contributed by atoms with Gasteiger partial charge < -0.3 is 4.98 Å². The third-order valence-electron chi connectivity index (χ3n) is 2.96. The molecule has 5 heteroatoms. The van der Waals surface area contributed by atoms with Crippen LogP contribution in [0.2, 0.25) is 0 Å². The Kier molecular flexibility index (Phi) is 4.74.